The topological polar surface area (TPSA) is 35.2 Å². The summed E-state index contributed by atoms with van der Waals surface area (Å²) in [7, 11) is 0. The third kappa shape index (κ3) is 4.64. The van der Waals surface area contributed by atoms with Gasteiger partial charge in [-0.2, -0.15) is 0 Å². The standard InChI is InChI=1S/C13H18BrNOS/c1-3-6-16-12-5-4-10(14)8-11(12)9(2)7-13(15)17/h4-5,8-9H,3,6-7H2,1-2H3,(H2,15,17). The fraction of sp³-hybridized carbons (Fsp3) is 0.462. The van der Waals surface area contributed by atoms with E-state index in [0.717, 1.165) is 28.8 Å². The summed E-state index contributed by atoms with van der Waals surface area (Å²) in [5.74, 6) is 1.20. The Balaban J connectivity index is 2.93. The highest BCUT2D eigenvalue weighted by atomic mass is 79.9. The molecule has 94 valence electrons. The number of thiocarbonyl (C=S) groups is 1. The molecule has 0 bridgehead atoms. The molecule has 0 aliphatic heterocycles. The fourth-order valence-corrected chi connectivity index (χ4v) is 2.29. The quantitative estimate of drug-likeness (QED) is 0.805. The number of rotatable bonds is 6. The van der Waals surface area contributed by atoms with Gasteiger partial charge in [-0.15, -0.1) is 0 Å². The molecule has 0 radical (unpaired) electrons. The Morgan fingerprint density at radius 2 is 2.24 bits per heavy atom. The number of benzene rings is 1. The van der Waals surface area contributed by atoms with Crippen LogP contribution in [0.15, 0.2) is 22.7 Å². The molecule has 0 aliphatic rings. The van der Waals surface area contributed by atoms with Gasteiger partial charge < -0.3 is 10.5 Å². The lowest BCUT2D eigenvalue weighted by molar-refractivity contribution is 0.312. The van der Waals surface area contributed by atoms with Gasteiger partial charge in [0.1, 0.15) is 5.75 Å². The van der Waals surface area contributed by atoms with Crippen molar-refractivity contribution in [3.63, 3.8) is 0 Å². The van der Waals surface area contributed by atoms with E-state index in [1.807, 2.05) is 12.1 Å². The molecule has 0 saturated heterocycles. The molecule has 1 atom stereocenters. The predicted octanol–water partition coefficient (Wildman–Crippen LogP) is 4.02. The van der Waals surface area contributed by atoms with E-state index in [0.29, 0.717) is 11.4 Å². The molecule has 2 nitrogen and oxygen atoms in total. The largest absolute Gasteiger partial charge is 0.493 e. The normalized spacial score (nSPS) is 12.2. The lowest BCUT2D eigenvalue weighted by Gasteiger charge is -2.16. The monoisotopic (exact) mass is 315 g/mol. The molecule has 0 spiro atoms. The van der Waals surface area contributed by atoms with Crippen LogP contribution >= 0.6 is 28.1 Å². The van der Waals surface area contributed by atoms with Crippen molar-refractivity contribution in [1.29, 1.82) is 0 Å². The zero-order valence-corrected chi connectivity index (χ0v) is 12.6. The molecule has 0 fully saturated rings. The molecule has 1 rings (SSSR count). The van der Waals surface area contributed by atoms with E-state index < -0.39 is 0 Å². The van der Waals surface area contributed by atoms with Crippen LogP contribution in [0.5, 0.6) is 5.75 Å². The van der Waals surface area contributed by atoms with Crippen LogP contribution in [-0.2, 0) is 0 Å². The highest BCUT2D eigenvalue weighted by Crippen LogP contribution is 2.31. The second-order valence-electron chi connectivity index (χ2n) is 4.10. The fourth-order valence-electron chi connectivity index (χ4n) is 1.66. The smallest absolute Gasteiger partial charge is 0.122 e. The van der Waals surface area contributed by atoms with Crippen molar-refractivity contribution in [3.05, 3.63) is 28.2 Å². The second kappa shape index (κ2) is 6.97. The van der Waals surface area contributed by atoms with Gasteiger partial charge in [-0.3, -0.25) is 0 Å². The van der Waals surface area contributed by atoms with E-state index in [9.17, 15) is 0 Å². The molecule has 0 aliphatic carbocycles. The zero-order valence-electron chi connectivity index (χ0n) is 10.2. The minimum atomic E-state index is 0.275. The summed E-state index contributed by atoms with van der Waals surface area (Å²) in [6, 6.07) is 6.06. The van der Waals surface area contributed by atoms with Crippen molar-refractivity contribution < 1.29 is 4.74 Å². The van der Waals surface area contributed by atoms with E-state index in [1.165, 1.54) is 0 Å². The summed E-state index contributed by atoms with van der Waals surface area (Å²) in [5.41, 5.74) is 6.75. The molecule has 0 heterocycles. The SMILES string of the molecule is CCCOc1ccc(Br)cc1C(C)CC(N)=S. The average Bonchev–Trinajstić information content (AvgIpc) is 2.26. The maximum absolute atomic E-state index is 5.74. The van der Waals surface area contributed by atoms with Crippen LogP contribution in [0.3, 0.4) is 0 Å². The highest BCUT2D eigenvalue weighted by Gasteiger charge is 2.13. The summed E-state index contributed by atoms with van der Waals surface area (Å²) < 4.78 is 6.79. The number of ether oxygens (including phenoxy) is 1. The Hall–Kier alpha value is -0.610. The Morgan fingerprint density at radius 1 is 1.53 bits per heavy atom. The summed E-state index contributed by atoms with van der Waals surface area (Å²) >= 11 is 8.44. The molecular formula is C13H18BrNOS. The van der Waals surface area contributed by atoms with Gasteiger partial charge in [0.25, 0.3) is 0 Å². The van der Waals surface area contributed by atoms with Gasteiger partial charge in [-0.1, -0.05) is 42.0 Å². The number of nitrogens with two attached hydrogens (primary N) is 1. The Labute approximate surface area is 117 Å². The van der Waals surface area contributed by atoms with E-state index >= 15 is 0 Å². The van der Waals surface area contributed by atoms with Crippen molar-refractivity contribution in [2.24, 2.45) is 5.73 Å². The van der Waals surface area contributed by atoms with E-state index in [2.05, 4.69) is 35.8 Å². The third-order valence-electron chi connectivity index (χ3n) is 2.47. The van der Waals surface area contributed by atoms with Crippen LogP contribution in [0.4, 0.5) is 0 Å². The molecule has 4 heteroatoms. The first kappa shape index (κ1) is 14.5. The first-order valence-electron chi connectivity index (χ1n) is 5.75. The number of hydrogen-bond acceptors (Lipinski definition) is 2. The number of halogens is 1. The van der Waals surface area contributed by atoms with Gasteiger partial charge in [0.2, 0.25) is 0 Å². The summed E-state index contributed by atoms with van der Waals surface area (Å²) in [4.78, 5) is 0.541. The molecule has 1 aromatic rings. The first-order chi connectivity index (χ1) is 8.04. The first-order valence-corrected chi connectivity index (χ1v) is 6.95. The van der Waals surface area contributed by atoms with Crippen molar-refractivity contribution in [2.45, 2.75) is 32.6 Å². The molecule has 1 unspecified atom stereocenters. The van der Waals surface area contributed by atoms with Gasteiger partial charge in [0.15, 0.2) is 0 Å². The summed E-state index contributed by atoms with van der Waals surface area (Å²) in [5, 5.41) is 0. The van der Waals surface area contributed by atoms with Gasteiger partial charge in [0, 0.05) is 10.9 Å². The summed E-state index contributed by atoms with van der Waals surface area (Å²) in [6.07, 6.45) is 1.70. The molecule has 1 aromatic carbocycles. The van der Waals surface area contributed by atoms with E-state index in [4.69, 9.17) is 22.7 Å². The van der Waals surface area contributed by atoms with Crippen molar-refractivity contribution in [1.82, 2.24) is 0 Å². The van der Waals surface area contributed by atoms with Crippen molar-refractivity contribution >= 4 is 33.1 Å². The Morgan fingerprint density at radius 3 is 2.82 bits per heavy atom. The molecule has 0 amide bonds. The van der Waals surface area contributed by atoms with Crippen LogP contribution in [0, 0.1) is 0 Å². The predicted molar refractivity (Wildman–Crippen MR) is 79.7 cm³/mol. The highest BCUT2D eigenvalue weighted by molar-refractivity contribution is 9.10. The second-order valence-corrected chi connectivity index (χ2v) is 5.54. The minimum absolute atomic E-state index is 0.275. The van der Waals surface area contributed by atoms with Crippen molar-refractivity contribution in [3.8, 4) is 5.75 Å². The van der Waals surface area contributed by atoms with Crippen molar-refractivity contribution in [2.75, 3.05) is 6.61 Å². The minimum Gasteiger partial charge on any atom is -0.493 e. The van der Waals surface area contributed by atoms with E-state index in [1.54, 1.807) is 0 Å². The molecule has 0 saturated carbocycles. The molecule has 2 N–H and O–H groups in total. The Kier molecular flexibility index (Phi) is 5.92. The lowest BCUT2D eigenvalue weighted by Crippen LogP contribution is -2.12. The van der Waals surface area contributed by atoms with Gasteiger partial charge >= 0.3 is 0 Å². The molecule has 0 aromatic heterocycles. The lowest BCUT2D eigenvalue weighted by atomic mass is 9.97. The zero-order chi connectivity index (χ0) is 12.8. The maximum atomic E-state index is 5.74. The van der Waals surface area contributed by atoms with Crippen LogP contribution in [0.25, 0.3) is 0 Å². The third-order valence-corrected chi connectivity index (χ3v) is 3.13. The molecular weight excluding hydrogens is 298 g/mol. The maximum Gasteiger partial charge on any atom is 0.122 e. The van der Waals surface area contributed by atoms with Crippen LogP contribution in [0.2, 0.25) is 0 Å². The Bertz CT molecular complexity index is 395. The van der Waals surface area contributed by atoms with E-state index in [-0.39, 0.29) is 5.92 Å². The van der Waals surface area contributed by atoms with Gasteiger partial charge in [-0.25, -0.2) is 0 Å². The van der Waals surface area contributed by atoms with Crippen LogP contribution < -0.4 is 10.5 Å². The summed E-state index contributed by atoms with van der Waals surface area (Å²) in [6.45, 7) is 4.94. The average molecular weight is 316 g/mol. The van der Waals surface area contributed by atoms with Crippen LogP contribution in [0.1, 0.15) is 38.2 Å². The van der Waals surface area contributed by atoms with Gasteiger partial charge in [0.05, 0.1) is 11.6 Å². The van der Waals surface area contributed by atoms with Crippen LogP contribution in [-0.4, -0.2) is 11.6 Å². The number of hydrogen-bond donors (Lipinski definition) is 1. The molecule has 17 heavy (non-hydrogen) atoms. The van der Waals surface area contributed by atoms with Gasteiger partial charge in [-0.05, 0) is 36.1 Å².